The van der Waals surface area contributed by atoms with Crippen molar-refractivity contribution in [2.24, 2.45) is 0 Å². The standard InChI is InChI=1S/C19H26ClN3O3/c1-2-21-18(25)14-22-10-3-11-23(13-12-22)19(26)9-8-17(24)15-4-6-16(20)7-5-15/h4-7H,2-3,8-14H2,1H3,(H,21,25). The molecule has 2 amide bonds. The fourth-order valence-corrected chi connectivity index (χ4v) is 3.12. The summed E-state index contributed by atoms with van der Waals surface area (Å²) in [6.45, 7) is 5.61. The summed E-state index contributed by atoms with van der Waals surface area (Å²) in [6, 6.07) is 6.71. The molecule has 0 aromatic heterocycles. The Morgan fingerprint density at radius 2 is 1.77 bits per heavy atom. The molecule has 0 bridgehead atoms. The molecular formula is C19H26ClN3O3. The monoisotopic (exact) mass is 379 g/mol. The van der Waals surface area contributed by atoms with E-state index < -0.39 is 0 Å². The van der Waals surface area contributed by atoms with E-state index in [9.17, 15) is 14.4 Å². The summed E-state index contributed by atoms with van der Waals surface area (Å²) in [4.78, 5) is 40.2. The Labute approximate surface area is 159 Å². The Kier molecular flexibility index (Phi) is 8.06. The Balaban J connectivity index is 1.78. The number of Topliss-reactive ketones (excluding diaryl/α,β-unsaturated/α-hetero) is 1. The summed E-state index contributed by atoms with van der Waals surface area (Å²) in [5.74, 6) is -0.0456. The van der Waals surface area contributed by atoms with Gasteiger partial charge in [-0.25, -0.2) is 0 Å². The van der Waals surface area contributed by atoms with Gasteiger partial charge >= 0.3 is 0 Å². The lowest BCUT2D eigenvalue weighted by molar-refractivity contribution is -0.131. The summed E-state index contributed by atoms with van der Waals surface area (Å²) in [6.07, 6.45) is 1.23. The van der Waals surface area contributed by atoms with Crippen LogP contribution in [0, 0.1) is 0 Å². The van der Waals surface area contributed by atoms with Gasteiger partial charge in [-0.1, -0.05) is 11.6 Å². The van der Waals surface area contributed by atoms with Gasteiger partial charge in [-0.2, -0.15) is 0 Å². The molecule has 1 aliphatic heterocycles. The van der Waals surface area contributed by atoms with Crippen LogP contribution in [0.2, 0.25) is 5.02 Å². The van der Waals surface area contributed by atoms with Gasteiger partial charge in [0.05, 0.1) is 6.54 Å². The highest BCUT2D eigenvalue weighted by Gasteiger charge is 2.21. The largest absolute Gasteiger partial charge is 0.355 e. The number of amides is 2. The summed E-state index contributed by atoms with van der Waals surface area (Å²) in [5.41, 5.74) is 0.575. The molecule has 26 heavy (non-hydrogen) atoms. The zero-order valence-electron chi connectivity index (χ0n) is 15.2. The number of carbonyl (C=O) groups excluding carboxylic acids is 3. The second-order valence-electron chi connectivity index (χ2n) is 6.39. The minimum atomic E-state index is -0.0531. The van der Waals surface area contributed by atoms with Crippen LogP contribution < -0.4 is 5.32 Å². The lowest BCUT2D eigenvalue weighted by Gasteiger charge is -2.21. The molecule has 0 spiro atoms. The van der Waals surface area contributed by atoms with Gasteiger partial charge in [0, 0.05) is 56.2 Å². The van der Waals surface area contributed by atoms with Crippen LogP contribution in [0.25, 0.3) is 0 Å². The normalized spacial score (nSPS) is 15.4. The molecule has 0 aliphatic carbocycles. The topological polar surface area (TPSA) is 69.7 Å². The third-order valence-corrected chi connectivity index (χ3v) is 4.67. The first-order valence-corrected chi connectivity index (χ1v) is 9.43. The maximum absolute atomic E-state index is 12.4. The number of hydrogen-bond donors (Lipinski definition) is 1. The van der Waals surface area contributed by atoms with Gasteiger partial charge < -0.3 is 10.2 Å². The van der Waals surface area contributed by atoms with Gasteiger partial charge in [0.2, 0.25) is 11.8 Å². The number of ketones is 1. The van der Waals surface area contributed by atoms with Crippen molar-refractivity contribution in [2.75, 3.05) is 39.3 Å². The van der Waals surface area contributed by atoms with Crippen molar-refractivity contribution in [2.45, 2.75) is 26.2 Å². The molecule has 142 valence electrons. The van der Waals surface area contributed by atoms with Crippen molar-refractivity contribution in [3.63, 3.8) is 0 Å². The zero-order valence-corrected chi connectivity index (χ0v) is 15.9. The van der Waals surface area contributed by atoms with E-state index in [1.165, 1.54) is 0 Å². The number of rotatable bonds is 7. The Morgan fingerprint density at radius 1 is 1.04 bits per heavy atom. The minimum absolute atomic E-state index is 0.00725. The van der Waals surface area contributed by atoms with Crippen LogP contribution in [0.3, 0.4) is 0 Å². The summed E-state index contributed by atoms with van der Waals surface area (Å²) >= 11 is 5.82. The molecule has 1 aromatic carbocycles. The van der Waals surface area contributed by atoms with Crippen LogP contribution in [0.15, 0.2) is 24.3 Å². The fraction of sp³-hybridized carbons (Fsp3) is 0.526. The van der Waals surface area contributed by atoms with E-state index in [4.69, 9.17) is 11.6 Å². The van der Waals surface area contributed by atoms with Crippen molar-refractivity contribution in [1.29, 1.82) is 0 Å². The number of carbonyl (C=O) groups is 3. The Bertz CT molecular complexity index is 633. The summed E-state index contributed by atoms with van der Waals surface area (Å²) < 4.78 is 0. The molecular weight excluding hydrogens is 354 g/mol. The van der Waals surface area contributed by atoms with Gasteiger partial charge in [0.1, 0.15) is 0 Å². The van der Waals surface area contributed by atoms with E-state index in [0.717, 1.165) is 13.0 Å². The predicted octanol–water partition coefficient (Wildman–Crippen LogP) is 1.97. The van der Waals surface area contributed by atoms with Gasteiger partial charge in [-0.05, 0) is 37.6 Å². The smallest absolute Gasteiger partial charge is 0.234 e. The molecule has 0 radical (unpaired) electrons. The fourth-order valence-electron chi connectivity index (χ4n) is 2.99. The van der Waals surface area contributed by atoms with E-state index in [2.05, 4.69) is 10.2 Å². The highest BCUT2D eigenvalue weighted by molar-refractivity contribution is 6.30. The third kappa shape index (κ3) is 6.42. The van der Waals surface area contributed by atoms with Crippen molar-refractivity contribution >= 4 is 29.2 Å². The van der Waals surface area contributed by atoms with Crippen LogP contribution in [-0.2, 0) is 9.59 Å². The molecule has 0 saturated carbocycles. The van der Waals surface area contributed by atoms with Gasteiger partial charge in [-0.3, -0.25) is 19.3 Å². The van der Waals surface area contributed by atoms with Crippen molar-refractivity contribution in [3.8, 4) is 0 Å². The van der Waals surface area contributed by atoms with Crippen molar-refractivity contribution in [1.82, 2.24) is 15.1 Å². The van der Waals surface area contributed by atoms with Gasteiger partial charge in [-0.15, -0.1) is 0 Å². The maximum atomic E-state index is 12.4. The highest BCUT2D eigenvalue weighted by atomic mass is 35.5. The SMILES string of the molecule is CCNC(=O)CN1CCCN(C(=O)CCC(=O)c2ccc(Cl)cc2)CC1. The second-order valence-corrected chi connectivity index (χ2v) is 6.83. The van der Waals surface area contributed by atoms with Crippen molar-refractivity contribution < 1.29 is 14.4 Å². The molecule has 0 unspecified atom stereocenters. The Morgan fingerprint density at radius 3 is 2.46 bits per heavy atom. The van der Waals surface area contributed by atoms with Crippen LogP contribution in [0.4, 0.5) is 0 Å². The first kappa shape index (κ1) is 20.4. The molecule has 0 atom stereocenters. The summed E-state index contributed by atoms with van der Waals surface area (Å²) in [7, 11) is 0. The number of likely N-dealkylation sites (N-methyl/N-ethyl adjacent to an activating group) is 1. The number of nitrogens with zero attached hydrogens (tertiary/aromatic N) is 2. The Hall–Kier alpha value is -1.92. The van der Waals surface area contributed by atoms with E-state index in [1.54, 1.807) is 29.2 Å². The third-order valence-electron chi connectivity index (χ3n) is 4.41. The lowest BCUT2D eigenvalue weighted by Crippen LogP contribution is -2.40. The molecule has 2 rings (SSSR count). The average molecular weight is 380 g/mol. The van der Waals surface area contributed by atoms with E-state index in [1.807, 2.05) is 6.92 Å². The first-order chi connectivity index (χ1) is 12.5. The predicted molar refractivity (Wildman–Crippen MR) is 101 cm³/mol. The molecule has 1 heterocycles. The number of nitrogens with one attached hydrogen (secondary N) is 1. The lowest BCUT2D eigenvalue weighted by atomic mass is 10.1. The molecule has 1 aliphatic rings. The average Bonchev–Trinajstić information content (AvgIpc) is 2.86. The van der Waals surface area contributed by atoms with Gasteiger partial charge in [0.15, 0.2) is 5.78 Å². The van der Waals surface area contributed by atoms with E-state index >= 15 is 0 Å². The molecule has 6 nitrogen and oxygen atoms in total. The van der Waals surface area contributed by atoms with Crippen LogP contribution in [-0.4, -0.2) is 66.7 Å². The second kappa shape index (κ2) is 10.3. The zero-order chi connectivity index (χ0) is 18.9. The summed E-state index contributed by atoms with van der Waals surface area (Å²) in [5, 5.41) is 3.37. The molecule has 1 aromatic rings. The van der Waals surface area contributed by atoms with Crippen molar-refractivity contribution in [3.05, 3.63) is 34.9 Å². The molecule has 1 fully saturated rings. The van der Waals surface area contributed by atoms with E-state index in [-0.39, 0.29) is 30.4 Å². The van der Waals surface area contributed by atoms with Crippen LogP contribution in [0.5, 0.6) is 0 Å². The number of halogens is 1. The van der Waals surface area contributed by atoms with Crippen LogP contribution >= 0.6 is 11.6 Å². The number of hydrogen-bond acceptors (Lipinski definition) is 4. The van der Waals surface area contributed by atoms with Crippen LogP contribution in [0.1, 0.15) is 36.5 Å². The quantitative estimate of drug-likeness (QED) is 0.735. The highest BCUT2D eigenvalue weighted by Crippen LogP contribution is 2.13. The van der Waals surface area contributed by atoms with E-state index in [0.29, 0.717) is 43.3 Å². The maximum Gasteiger partial charge on any atom is 0.234 e. The van der Waals surface area contributed by atoms with Gasteiger partial charge in [0.25, 0.3) is 0 Å². The number of benzene rings is 1. The molecule has 7 heteroatoms. The first-order valence-electron chi connectivity index (χ1n) is 9.05. The molecule has 1 N–H and O–H groups in total. The minimum Gasteiger partial charge on any atom is -0.355 e. The molecule has 1 saturated heterocycles.